The molecule has 0 aliphatic carbocycles. The molecule has 1 N–H and O–H groups in total. The van der Waals surface area contributed by atoms with Crippen LogP contribution in [0.4, 0.5) is 0 Å². The van der Waals surface area contributed by atoms with Crippen LogP contribution in [0.15, 0.2) is 20.9 Å². The molecule has 1 aromatic rings. The van der Waals surface area contributed by atoms with Crippen LogP contribution in [0.2, 0.25) is 0 Å². The first-order valence-corrected chi connectivity index (χ1v) is 9.08. The molecule has 1 aromatic heterocycles. The van der Waals surface area contributed by atoms with E-state index in [4.69, 9.17) is 4.74 Å². The van der Waals surface area contributed by atoms with Crippen LogP contribution in [0.1, 0.15) is 24.1 Å². The van der Waals surface area contributed by atoms with E-state index in [9.17, 15) is 0 Å². The SMILES string of the molecule is CN=C(NCc1cc(Br)cs1)N(C)CCC1CCOCC1. The van der Waals surface area contributed by atoms with Crippen LogP contribution in [0.25, 0.3) is 0 Å². The average Bonchev–Trinajstić information content (AvgIpc) is 2.92. The second kappa shape index (κ2) is 8.76. The van der Waals surface area contributed by atoms with Gasteiger partial charge < -0.3 is 15.0 Å². The maximum Gasteiger partial charge on any atom is 0.193 e. The lowest BCUT2D eigenvalue weighted by atomic mass is 9.96. The molecule has 0 amide bonds. The molecule has 4 nitrogen and oxygen atoms in total. The topological polar surface area (TPSA) is 36.9 Å². The molecular weight excluding hydrogens is 350 g/mol. The molecule has 2 rings (SSSR count). The largest absolute Gasteiger partial charge is 0.381 e. The van der Waals surface area contributed by atoms with Gasteiger partial charge in [-0.05, 0) is 47.2 Å². The summed E-state index contributed by atoms with van der Waals surface area (Å²) in [6, 6.07) is 2.15. The summed E-state index contributed by atoms with van der Waals surface area (Å²) in [7, 11) is 3.95. The van der Waals surface area contributed by atoms with Crippen molar-refractivity contribution in [3.05, 3.63) is 20.8 Å². The minimum Gasteiger partial charge on any atom is -0.381 e. The molecule has 0 atom stereocenters. The number of thiophene rings is 1. The van der Waals surface area contributed by atoms with Gasteiger partial charge in [0, 0.05) is 48.6 Å². The fourth-order valence-electron chi connectivity index (χ4n) is 2.51. The van der Waals surface area contributed by atoms with Gasteiger partial charge in [-0.2, -0.15) is 0 Å². The summed E-state index contributed by atoms with van der Waals surface area (Å²) in [6.07, 6.45) is 3.61. The van der Waals surface area contributed by atoms with E-state index in [-0.39, 0.29) is 0 Å². The van der Waals surface area contributed by atoms with Crippen LogP contribution in [0.3, 0.4) is 0 Å². The van der Waals surface area contributed by atoms with Crippen molar-refractivity contribution in [1.82, 2.24) is 10.2 Å². The molecule has 1 aliphatic rings. The zero-order valence-electron chi connectivity index (χ0n) is 12.8. The highest BCUT2D eigenvalue weighted by Gasteiger charge is 2.15. The fraction of sp³-hybridized carbons (Fsp3) is 0.667. The molecule has 6 heteroatoms. The first-order valence-electron chi connectivity index (χ1n) is 7.41. The number of guanidine groups is 1. The van der Waals surface area contributed by atoms with E-state index in [1.807, 2.05) is 7.05 Å². The molecule has 0 saturated carbocycles. The summed E-state index contributed by atoms with van der Waals surface area (Å²) in [4.78, 5) is 7.90. The Balaban J connectivity index is 1.74. The Labute approximate surface area is 139 Å². The molecule has 0 radical (unpaired) electrons. The summed E-state index contributed by atoms with van der Waals surface area (Å²) in [6.45, 7) is 3.71. The number of halogens is 1. The molecule has 1 fully saturated rings. The predicted octanol–water partition coefficient (Wildman–Crippen LogP) is 3.33. The monoisotopic (exact) mass is 373 g/mol. The van der Waals surface area contributed by atoms with Crippen molar-refractivity contribution in [3.63, 3.8) is 0 Å². The number of hydrogen-bond donors (Lipinski definition) is 1. The average molecular weight is 374 g/mol. The number of rotatable bonds is 5. The van der Waals surface area contributed by atoms with E-state index in [2.05, 4.69) is 49.6 Å². The van der Waals surface area contributed by atoms with E-state index in [0.29, 0.717) is 0 Å². The predicted molar refractivity (Wildman–Crippen MR) is 93.0 cm³/mol. The van der Waals surface area contributed by atoms with Crippen LogP contribution in [-0.4, -0.2) is 44.7 Å². The van der Waals surface area contributed by atoms with Crippen molar-refractivity contribution in [2.24, 2.45) is 10.9 Å². The van der Waals surface area contributed by atoms with Gasteiger partial charge in [0.2, 0.25) is 0 Å². The van der Waals surface area contributed by atoms with Gasteiger partial charge in [0.15, 0.2) is 5.96 Å². The first-order chi connectivity index (χ1) is 10.2. The first kappa shape index (κ1) is 16.8. The summed E-state index contributed by atoms with van der Waals surface area (Å²) in [5.74, 6) is 1.76. The Bertz CT molecular complexity index is 458. The summed E-state index contributed by atoms with van der Waals surface area (Å²) >= 11 is 5.24. The molecule has 21 heavy (non-hydrogen) atoms. The maximum atomic E-state index is 5.41. The van der Waals surface area contributed by atoms with Gasteiger partial charge in [-0.3, -0.25) is 4.99 Å². The third-order valence-corrected chi connectivity index (χ3v) is 5.53. The second-order valence-electron chi connectivity index (χ2n) is 5.40. The molecule has 118 valence electrons. The molecule has 0 aromatic carbocycles. The van der Waals surface area contributed by atoms with Gasteiger partial charge in [-0.15, -0.1) is 11.3 Å². The summed E-state index contributed by atoms with van der Waals surface area (Å²) < 4.78 is 6.56. The minimum absolute atomic E-state index is 0.799. The number of aliphatic imine (C=N–C) groups is 1. The lowest BCUT2D eigenvalue weighted by molar-refractivity contribution is 0.0625. The lowest BCUT2D eigenvalue weighted by Gasteiger charge is -2.26. The van der Waals surface area contributed by atoms with Crippen LogP contribution in [-0.2, 0) is 11.3 Å². The molecule has 1 saturated heterocycles. The van der Waals surface area contributed by atoms with E-state index in [1.165, 1.54) is 24.1 Å². The molecule has 2 heterocycles. The third kappa shape index (κ3) is 5.60. The van der Waals surface area contributed by atoms with Crippen LogP contribution in [0, 0.1) is 5.92 Å². The van der Waals surface area contributed by atoms with E-state index in [1.54, 1.807) is 11.3 Å². The normalized spacial score (nSPS) is 17.0. The molecule has 0 spiro atoms. The van der Waals surface area contributed by atoms with Gasteiger partial charge in [0.25, 0.3) is 0 Å². The smallest absolute Gasteiger partial charge is 0.193 e. The quantitative estimate of drug-likeness (QED) is 0.635. The highest BCUT2D eigenvalue weighted by atomic mass is 79.9. The van der Waals surface area contributed by atoms with Crippen LogP contribution >= 0.6 is 27.3 Å². The highest BCUT2D eigenvalue weighted by Crippen LogP contribution is 2.20. The van der Waals surface area contributed by atoms with Gasteiger partial charge in [-0.1, -0.05) is 0 Å². The Kier molecular flexibility index (Phi) is 6.99. The standard InChI is InChI=1S/C15H24BrN3OS/c1-17-15(18-10-14-9-13(16)11-21-14)19(2)6-3-12-4-7-20-8-5-12/h9,11-12H,3-8,10H2,1-2H3,(H,17,18). The van der Waals surface area contributed by atoms with Crippen molar-refractivity contribution in [2.45, 2.75) is 25.8 Å². The Morgan fingerprint density at radius 2 is 2.29 bits per heavy atom. The van der Waals surface area contributed by atoms with Crippen molar-refractivity contribution >= 4 is 33.2 Å². The van der Waals surface area contributed by atoms with Gasteiger partial charge >= 0.3 is 0 Å². The van der Waals surface area contributed by atoms with Crippen LogP contribution < -0.4 is 5.32 Å². The van der Waals surface area contributed by atoms with E-state index in [0.717, 1.165) is 42.7 Å². The molecular formula is C15H24BrN3OS. The number of nitrogens with zero attached hydrogens (tertiary/aromatic N) is 2. The van der Waals surface area contributed by atoms with E-state index >= 15 is 0 Å². The number of ether oxygens (including phenoxy) is 1. The maximum absolute atomic E-state index is 5.41. The van der Waals surface area contributed by atoms with Crippen LogP contribution in [0.5, 0.6) is 0 Å². The zero-order valence-corrected chi connectivity index (χ0v) is 15.2. The number of nitrogens with one attached hydrogen (secondary N) is 1. The number of hydrogen-bond acceptors (Lipinski definition) is 3. The lowest BCUT2D eigenvalue weighted by Crippen LogP contribution is -2.39. The van der Waals surface area contributed by atoms with Gasteiger partial charge in [-0.25, -0.2) is 0 Å². The highest BCUT2D eigenvalue weighted by molar-refractivity contribution is 9.10. The zero-order chi connectivity index (χ0) is 15.1. The van der Waals surface area contributed by atoms with Crippen molar-refractivity contribution in [2.75, 3.05) is 33.9 Å². The van der Waals surface area contributed by atoms with Crippen molar-refractivity contribution < 1.29 is 4.74 Å². The molecule has 0 bridgehead atoms. The Hall–Kier alpha value is -0.590. The van der Waals surface area contributed by atoms with Crippen molar-refractivity contribution in [3.8, 4) is 0 Å². The second-order valence-corrected chi connectivity index (χ2v) is 7.31. The van der Waals surface area contributed by atoms with Crippen molar-refractivity contribution in [1.29, 1.82) is 0 Å². The van der Waals surface area contributed by atoms with Gasteiger partial charge in [0.1, 0.15) is 0 Å². The summed E-state index contributed by atoms with van der Waals surface area (Å²) in [5.41, 5.74) is 0. The minimum atomic E-state index is 0.799. The van der Waals surface area contributed by atoms with E-state index < -0.39 is 0 Å². The third-order valence-electron chi connectivity index (χ3n) is 3.83. The molecule has 1 aliphatic heterocycles. The Morgan fingerprint density at radius 1 is 1.52 bits per heavy atom. The molecule has 0 unspecified atom stereocenters. The fourth-order valence-corrected chi connectivity index (χ4v) is 3.91. The summed E-state index contributed by atoms with van der Waals surface area (Å²) in [5, 5.41) is 5.53. The Morgan fingerprint density at radius 3 is 2.90 bits per heavy atom. The van der Waals surface area contributed by atoms with Gasteiger partial charge in [0.05, 0.1) is 6.54 Å².